The first-order valence-corrected chi connectivity index (χ1v) is 5.45. The highest BCUT2D eigenvalue weighted by Gasteiger charge is 2.32. The number of benzene rings is 1. The number of rotatable bonds is 2. The van der Waals surface area contributed by atoms with Crippen molar-refractivity contribution in [2.75, 3.05) is 5.73 Å². The third-order valence-corrected chi connectivity index (χ3v) is 2.47. The lowest BCUT2D eigenvalue weighted by Gasteiger charge is -2.14. The fourth-order valence-corrected chi connectivity index (χ4v) is 1.71. The van der Waals surface area contributed by atoms with Crippen molar-refractivity contribution in [3.63, 3.8) is 0 Å². The van der Waals surface area contributed by atoms with Crippen LogP contribution < -0.4 is 10.5 Å². The number of para-hydroxylation sites is 1. The Balaban J connectivity index is 2.50. The molecule has 19 heavy (non-hydrogen) atoms. The number of aryl methyl sites for hydroxylation is 1. The summed E-state index contributed by atoms with van der Waals surface area (Å²) in [6, 6.07) is 9.11. The van der Waals surface area contributed by atoms with Crippen LogP contribution in [0, 0.1) is 6.92 Å². The van der Waals surface area contributed by atoms with Gasteiger partial charge >= 0.3 is 6.36 Å². The van der Waals surface area contributed by atoms with E-state index in [4.69, 9.17) is 5.73 Å². The summed E-state index contributed by atoms with van der Waals surface area (Å²) < 4.78 is 41.0. The Kier molecular flexibility index (Phi) is 3.33. The van der Waals surface area contributed by atoms with Crippen LogP contribution >= 0.6 is 0 Å². The summed E-state index contributed by atoms with van der Waals surface area (Å²) in [6.07, 6.45) is -4.75. The highest BCUT2D eigenvalue weighted by atomic mass is 19.4. The Morgan fingerprint density at radius 2 is 1.74 bits per heavy atom. The van der Waals surface area contributed by atoms with E-state index in [2.05, 4.69) is 9.72 Å². The van der Waals surface area contributed by atoms with Gasteiger partial charge in [-0.15, -0.1) is 13.2 Å². The molecule has 0 amide bonds. The third kappa shape index (κ3) is 3.15. The molecule has 1 heterocycles. The van der Waals surface area contributed by atoms with E-state index < -0.39 is 6.36 Å². The lowest BCUT2D eigenvalue weighted by Crippen LogP contribution is -2.17. The minimum absolute atomic E-state index is 0.165. The molecular formula is C13H11F3N2O. The molecule has 2 N–H and O–H groups in total. The minimum atomic E-state index is -4.75. The number of pyridine rings is 1. The van der Waals surface area contributed by atoms with E-state index in [1.807, 2.05) is 0 Å². The van der Waals surface area contributed by atoms with Gasteiger partial charge in [0.2, 0.25) is 0 Å². The van der Waals surface area contributed by atoms with Gasteiger partial charge in [0.15, 0.2) is 0 Å². The number of hydrogen-bond donors (Lipinski definition) is 1. The van der Waals surface area contributed by atoms with Crippen LogP contribution in [0.4, 0.5) is 19.0 Å². The largest absolute Gasteiger partial charge is 0.573 e. The Labute approximate surface area is 107 Å². The molecule has 0 aliphatic heterocycles. The quantitative estimate of drug-likeness (QED) is 0.906. The van der Waals surface area contributed by atoms with Crippen LogP contribution in [0.25, 0.3) is 11.1 Å². The van der Waals surface area contributed by atoms with E-state index in [0.29, 0.717) is 11.3 Å². The normalized spacial score (nSPS) is 11.4. The minimum Gasteiger partial charge on any atom is -0.405 e. The van der Waals surface area contributed by atoms with Crippen molar-refractivity contribution >= 4 is 5.82 Å². The molecule has 100 valence electrons. The van der Waals surface area contributed by atoms with Crippen LogP contribution in [0.15, 0.2) is 36.4 Å². The van der Waals surface area contributed by atoms with E-state index in [1.54, 1.807) is 25.1 Å². The number of hydrogen-bond acceptors (Lipinski definition) is 3. The maximum absolute atomic E-state index is 12.3. The molecule has 1 aromatic heterocycles. The standard InChI is InChI=1S/C13H11F3N2O/c1-8-6-7-10(12(17)18-8)9-4-2-3-5-11(9)19-13(14,15)16/h2-7H,1H3,(H2,17,18). The zero-order valence-corrected chi connectivity index (χ0v) is 10.0. The van der Waals surface area contributed by atoms with E-state index in [-0.39, 0.29) is 17.1 Å². The van der Waals surface area contributed by atoms with Crippen molar-refractivity contribution in [2.45, 2.75) is 13.3 Å². The van der Waals surface area contributed by atoms with Crippen molar-refractivity contribution in [3.8, 4) is 16.9 Å². The second kappa shape index (κ2) is 4.79. The Hall–Kier alpha value is -2.24. The van der Waals surface area contributed by atoms with Gasteiger partial charge in [-0.05, 0) is 25.1 Å². The van der Waals surface area contributed by atoms with Crippen molar-refractivity contribution in [3.05, 3.63) is 42.1 Å². The van der Waals surface area contributed by atoms with Gasteiger partial charge in [-0.3, -0.25) is 0 Å². The molecule has 0 saturated carbocycles. The SMILES string of the molecule is Cc1ccc(-c2ccccc2OC(F)(F)F)c(N)n1. The molecule has 1 aromatic carbocycles. The fraction of sp³-hybridized carbons (Fsp3) is 0.154. The van der Waals surface area contributed by atoms with Crippen LogP contribution in [0.2, 0.25) is 0 Å². The van der Waals surface area contributed by atoms with E-state index >= 15 is 0 Å². The van der Waals surface area contributed by atoms with Gasteiger partial charge in [-0.25, -0.2) is 4.98 Å². The third-order valence-electron chi connectivity index (χ3n) is 2.47. The number of nitrogens with zero attached hydrogens (tertiary/aromatic N) is 1. The summed E-state index contributed by atoms with van der Waals surface area (Å²) in [4.78, 5) is 4.03. The first kappa shape index (κ1) is 13.2. The number of alkyl halides is 3. The molecule has 0 saturated heterocycles. The fourth-order valence-electron chi connectivity index (χ4n) is 1.71. The van der Waals surface area contributed by atoms with Gasteiger partial charge < -0.3 is 10.5 Å². The van der Waals surface area contributed by atoms with Crippen LogP contribution in [0.5, 0.6) is 5.75 Å². The van der Waals surface area contributed by atoms with Crippen LogP contribution in [0.3, 0.4) is 0 Å². The Morgan fingerprint density at radius 3 is 2.37 bits per heavy atom. The smallest absolute Gasteiger partial charge is 0.405 e. The van der Waals surface area contributed by atoms with Crippen molar-refractivity contribution < 1.29 is 17.9 Å². The lowest BCUT2D eigenvalue weighted by atomic mass is 10.1. The van der Waals surface area contributed by atoms with Crippen LogP contribution in [0.1, 0.15) is 5.69 Å². The Morgan fingerprint density at radius 1 is 1.05 bits per heavy atom. The number of halogens is 3. The average Bonchev–Trinajstić information content (AvgIpc) is 2.28. The summed E-state index contributed by atoms with van der Waals surface area (Å²) in [5.74, 6) is -0.134. The van der Waals surface area contributed by atoms with Gasteiger partial charge in [-0.1, -0.05) is 18.2 Å². The second-order valence-corrected chi connectivity index (χ2v) is 3.93. The number of nitrogen functional groups attached to an aromatic ring is 1. The molecule has 0 aliphatic carbocycles. The number of nitrogens with two attached hydrogens (primary N) is 1. The molecule has 0 spiro atoms. The highest BCUT2D eigenvalue weighted by molar-refractivity contribution is 5.78. The first-order chi connectivity index (χ1) is 8.87. The molecule has 0 atom stereocenters. The molecule has 0 unspecified atom stereocenters. The van der Waals surface area contributed by atoms with E-state index in [1.165, 1.54) is 18.2 Å². The topological polar surface area (TPSA) is 48.1 Å². The predicted molar refractivity (Wildman–Crippen MR) is 65.5 cm³/mol. The molecule has 2 aromatic rings. The first-order valence-electron chi connectivity index (χ1n) is 5.45. The summed E-state index contributed by atoms with van der Waals surface area (Å²) in [7, 11) is 0. The van der Waals surface area contributed by atoms with Crippen molar-refractivity contribution in [1.82, 2.24) is 4.98 Å². The van der Waals surface area contributed by atoms with Gasteiger partial charge in [0, 0.05) is 16.8 Å². The number of anilines is 1. The van der Waals surface area contributed by atoms with Crippen LogP contribution in [-0.2, 0) is 0 Å². The maximum Gasteiger partial charge on any atom is 0.573 e. The highest BCUT2D eigenvalue weighted by Crippen LogP contribution is 2.35. The molecule has 0 bridgehead atoms. The summed E-state index contributed by atoms with van der Waals surface area (Å²) in [6.45, 7) is 1.75. The average molecular weight is 268 g/mol. The number of ether oxygens (including phenoxy) is 1. The zero-order valence-electron chi connectivity index (χ0n) is 10.0. The van der Waals surface area contributed by atoms with Crippen molar-refractivity contribution in [2.24, 2.45) is 0 Å². The van der Waals surface area contributed by atoms with Gasteiger partial charge in [0.05, 0.1) is 0 Å². The molecule has 6 heteroatoms. The zero-order chi connectivity index (χ0) is 14.0. The van der Waals surface area contributed by atoms with Gasteiger partial charge in [0.1, 0.15) is 11.6 Å². The van der Waals surface area contributed by atoms with Gasteiger partial charge in [-0.2, -0.15) is 0 Å². The van der Waals surface area contributed by atoms with E-state index in [9.17, 15) is 13.2 Å². The molecule has 0 aliphatic rings. The predicted octanol–water partition coefficient (Wildman–Crippen LogP) is 3.54. The molecule has 3 nitrogen and oxygen atoms in total. The maximum atomic E-state index is 12.3. The lowest BCUT2D eigenvalue weighted by molar-refractivity contribution is -0.274. The summed E-state index contributed by atoms with van der Waals surface area (Å²) in [5.41, 5.74) is 7.09. The number of aromatic nitrogens is 1. The van der Waals surface area contributed by atoms with Crippen LogP contribution in [-0.4, -0.2) is 11.3 Å². The van der Waals surface area contributed by atoms with Gasteiger partial charge in [0.25, 0.3) is 0 Å². The molecule has 0 radical (unpaired) electrons. The Bertz CT molecular complexity index is 597. The summed E-state index contributed by atoms with van der Waals surface area (Å²) in [5, 5.41) is 0. The monoisotopic (exact) mass is 268 g/mol. The van der Waals surface area contributed by atoms with E-state index in [0.717, 1.165) is 0 Å². The molecule has 0 fully saturated rings. The summed E-state index contributed by atoms with van der Waals surface area (Å²) >= 11 is 0. The van der Waals surface area contributed by atoms with Crippen molar-refractivity contribution in [1.29, 1.82) is 0 Å². The second-order valence-electron chi connectivity index (χ2n) is 3.93. The molecular weight excluding hydrogens is 257 g/mol. The molecule has 2 rings (SSSR count).